The van der Waals surface area contributed by atoms with Gasteiger partial charge in [-0.25, -0.2) is 0 Å². The largest absolute Gasteiger partial charge is 0.383 e. The van der Waals surface area contributed by atoms with Crippen LogP contribution >= 0.6 is 11.6 Å². The number of rotatable bonds is 5. The van der Waals surface area contributed by atoms with Crippen LogP contribution in [0.25, 0.3) is 0 Å². The lowest BCUT2D eigenvalue weighted by Crippen LogP contribution is -2.32. The van der Waals surface area contributed by atoms with Gasteiger partial charge in [-0.05, 0) is 38.2 Å². The molecule has 1 aliphatic carbocycles. The Morgan fingerprint density at radius 2 is 2.31 bits per heavy atom. The lowest BCUT2D eigenvalue weighted by Gasteiger charge is -2.28. The molecule has 0 amide bonds. The van der Waals surface area contributed by atoms with Crippen molar-refractivity contribution in [1.29, 1.82) is 0 Å². The average Bonchev–Trinajstić information content (AvgIpc) is 2.16. The van der Waals surface area contributed by atoms with Crippen molar-refractivity contribution in [1.82, 2.24) is 5.32 Å². The van der Waals surface area contributed by atoms with E-state index in [1.807, 2.05) is 6.92 Å². The number of halogens is 1. The minimum Gasteiger partial charge on any atom is -0.383 e. The molecule has 16 heavy (non-hydrogen) atoms. The van der Waals surface area contributed by atoms with E-state index in [0.717, 1.165) is 18.0 Å². The molecule has 3 atom stereocenters. The van der Waals surface area contributed by atoms with Crippen LogP contribution in [0.1, 0.15) is 46.0 Å². The van der Waals surface area contributed by atoms with Gasteiger partial charge in [-0.1, -0.05) is 32.4 Å². The minimum absolute atomic E-state index is 0.207. The monoisotopic (exact) mass is 241 g/mol. The molecule has 0 aromatic rings. The molecule has 1 N–H and O–H groups in total. The first kappa shape index (κ1) is 13.6. The molecule has 0 heterocycles. The molecule has 1 nitrogen and oxygen atoms in total. The molecule has 0 radical (unpaired) electrons. The van der Waals surface area contributed by atoms with Gasteiger partial charge in [0.15, 0.2) is 0 Å². The Kier molecular flexibility index (Phi) is 5.97. The summed E-state index contributed by atoms with van der Waals surface area (Å²) in [5.74, 6) is 0.853. The van der Waals surface area contributed by atoms with Crippen molar-refractivity contribution in [2.45, 2.75) is 57.4 Å². The standard InChI is InChI=1S/C14H24ClN/c1-11-6-4-9-14(10-11)16-13(3)8-5-7-12(2)15/h5,8,11-12,14,16H,3-4,6-7,9-10H2,1-2H3/b8-5-/t11-,12?,14?/m0/s1. The fourth-order valence-corrected chi connectivity index (χ4v) is 2.38. The summed E-state index contributed by atoms with van der Waals surface area (Å²) in [6.07, 6.45) is 10.3. The van der Waals surface area contributed by atoms with Crippen LogP contribution in [0.5, 0.6) is 0 Å². The van der Waals surface area contributed by atoms with E-state index in [4.69, 9.17) is 11.6 Å². The number of allylic oxidation sites excluding steroid dienone is 2. The minimum atomic E-state index is 0.207. The van der Waals surface area contributed by atoms with Gasteiger partial charge in [0.25, 0.3) is 0 Å². The van der Waals surface area contributed by atoms with E-state index < -0.39 is 0 Å². The summed E-state index contributed by atoms with van der Waals surface area (Å²) in [4.78, 5) is 0. The summed E-state index contributed by atoms with van der Waals surface area (Å²) in [5.41, 5.74) is 1.02. The highest BCUT2D eigenvalue weighted by Crippen LogP contribution is 2.24. The lowest BCUT2D eigenvalue weighted by molar-refractivity contribution is 0.317. The molecule has 0 aromatic carbocycles. The highest BCUT2D eigenvalue weighted by atomic mass is 35.5. The maximum Gasteiger partial charge on any atom is 0.0342 e. The second-order valence-electron chi connectivity index (χ2n) is 5.06. The second-order valence-corrected chi connectivity index (χ2v) is 5.80. The van der Waals surface area contributed by atoms with Gasteiger partial charge in [-0.3, -0.25) is 0 Å². The van der Waals surface area contributed by atoms with Crippen LogP contribution in [0.2, 0.25) is 0 Å². The summed E-state index contributed by atoms with van der Waals surface area (Å²) in [6, 6.07) is 0.620. The molecule has 0 aliphatic heterocycles. The summed E-state index contributed by atoms with van der Waals surface area (Å²) in [6.45, 7) is 8.37. The molecule has 2 heteroatoms. The van der Waals surface area contributed by atoms with E-state index in [1.54, 1.807) is 0 Å². The molecule has 0 bridgehead atoms. The van der Waals surface area contributed by atoms with Crippen LogP contribution < -0.4 is 5.32 Å². The summed E-state index contributed by atoms with van der Waals surface area (Å²) in [7, 11) is 0. The molecule has 1 aliphatic rings. The van der Waals surface area contributed by atoms with Crippen molar-refractivity contribution < 1.29 is 0 Å². The first-order valence-corrected chi connectivity index (χ1v) is 6.77. The SMILES string of the molecule is C=C(/C=C\CC(C)Cl)NC1CCC[C@H](C)C1. The van der Waals surface area contributed by atoms with Gasteiger partial charge >= 0.3 is 0 Å². The van der Waals surface area contributed by atoms with Crippen molar-refractivity contribution in [3.63, 3.8) is 0 Å². The van der Waals surface area contributed by atoms with E-state index >= 15 is 0 Å². The van der Waals surface area contributed by atoms with Crippen molar-refractivity contribution in [2.75, 3.05) is 0 Å². The number of hydrogen-bond acceptors (Lipinski definition) is 1. The Morgan fingerprint density at radius 1 is 1.56 bits per heavy atom. The maximum absolute atomic E-state index is 5.87. The predicted octanol–water partition coefficient (Wildman–Crippen LogP) is 4.24. The molecule has 0 aromatic heterocycles. The Bertz CT molecular complexity index is 245. The quantitative estimate of drug-likeness (QED) is 0.561. The molecule has 1 fully saturated rings. The van der Waals surface area contributed by atoms with Crippen LogP contribution in [0, 0.1) is 5.92 Å². The van der Waals surface area contributed by atoms with Gasteiger partial charge in [0.1, 0.15) is 0 Å². The molecule has 2 unspecified atom stereocenters. The third-order valence-corrected chi connectivity index (χ3v) is 3.28. The highest BCUT2D eigenvalue weighted by Gasteiger charge is 2.18. The van der Waals surface area contributed by atoms with Gasteiger partial charge in [0.2, 0.25) is 0 Å². The summed E-state index contributed by atoms with van der Waals surface area (Å²) in [5, 5.41) is 3.71. The number of hydrogen-bond donors (Lipinski definition) is 1. The topological polar surface area (TPSA) is 12.0 Å². The van der Waals surface area contributed by atoms with E-state index in [0.29, 0.717) is 6.04 Å². The third kappa shape index (κ3) is 5.60. The first-order valence-electron chi connectivity index (χ1n) is 6.34. The van der Waals surface area contributed by atoms with E-state index in [2.05, 4.69) is 31.0 Å². The molecule has 92 valence electrons. The molecular weight excluding hydrogens is 218 g/mol. The molecule has 1 rings (SSSR count). The van der Waals surface area contributed by atoms with E-state index in [1.165, 1.54) is 25.7 Å². The fourth-order valence-electron chi connectivity index (χ4n) is 2.27. The van der Waals surface area contributed by atoms with Gasteiger partial charge in [0, 0.05) is 17.1 Å². The van der Waals surface area contributed by atoms with Crippen LogP contribution in [-0.4, -0.2) is 11.4 Å². The Labute approximate surface area is 105 Å². The van der Waals surface area contributed by atoms with E-state index in [9.17, 15) is 0 Å². The highest BCUT2D eigenvalue weighted by molar-refractivity contribution is 6.20. The Morgan fingerprint density at radius 3 is 2.94 bits per heavy atom. The van der Waals surface area contributed by atoms with Gasteiger partial charge in [-0.15, -0.1) is 11.6 Å². The maximum atomic E-state index is 5.87. The second kappa shape index (κ2) is 7.01. The van der Waals surface area contributed by atoms with Crippen LogP contribution in [-0.2, 0) is 0 Å². The number of alkyl halides is 1. The zero-order chi connectivity index (χ0) is 12.0. The van der Waals surface area contributed by atoms with Crippen LogP contribution in [0.3, 0.4) is 0 Å². The van der Waals surface area contributed by atoms with Crippen molar-refractivity contribution in [3.05, 3.63) is 24.4 Å². The predicted molar refractivity (Wildman–Crippen MR) is 72.8 cm³/mol. The van der Waals surface area contributed by atoms with Crippen molar-refractivity contribution in [2.24, 2.45) is 5.92 Å². The zero-order valence-electron chi connectivity index (χ0n) is 10.5. The first-order chi connectivity index (χ1) is 7.58. The fraction of sp³-hybridized carbons (Fsp3) is 0.714. The van der Waals surface area contributed by atoms with Crippen molar-refractivity contribution in [3.8, 4) is 0 Å². The third-order valence-electron chi connectivity index (χ3n) is 3.11. The smallest absolute Gasteiger partial charge is 0.0342 e. The molecular formula is C14H24ClN. The van der Waals surface area contributed by atoms with Crippen molar-refractivity contribution >= 4 is 11.6 Å². The van der Waals surface area contributed by atoms with Crippen LogP contribution in [0.15, 0.2) is 24.4 Å². The van der Waals surface area contributed by atoms with Gasteiger partial charge in [-0.2, -0.15) is 0 Å². The molecule has 1 saturated carbocycles. The molecule has 0 saturated heterocycles. The Hall–Kier alpha value is -0.430. The number of nitrogens with one attached hydrogen (secondary N) is 1. The lowest BCUT2D eigenvalue weighted by atomic mass is 9.87. The van der Waals surface area contributed by atoms with Gasteiger partial charge < -0.3 is 5.32 Å². The van der Waals surface area contributed by atoms with E-state index in [-0.39, 0.29) is 5.38 Å². The zero-order valence-corrected chi connectivity index (χ0v) is 11.3. The van der Waals surface area contributed by atoms with Gasteiger partial charge in [0.05, 0.1) is 0 Å². The van der Waals surface area contributed by atoms with Crippen LogP contribution in [0.4, 0.5) is 0 Å². The normalized spacial score (nSPS) is 27.9. The summed E-state index contributed by atoms with van der Waals surface area (Å²) < 4.78 is 0. The summed E-state index contributed by atoms with van der Waals surface area (Å²) >= 11 is 5.87. The average molecular weight is 242 g/mol. The molecule has 0 spiro atoms. The Balaban J connectivity index is 2.25.